The monoisotopic (exact) mass is 226 g/mol. The minimum atomic E-state index is -1.28. The van der Waals surface area contributed by atoms with E-state index in [1.165, 1.54) is 12.1 Å². The van der Waals surface area contributed by atoms with Gasteiger partial charge in [0, 0.05) is 0 Å². The molecule has 1 aromatic carbocycles. The van der Waals surface area contributed by atoms with E-state index in [4.69, 9.17) is 9.84 Å². The standard InChI is InChI=1S/C12H15FO3/c1-4-16-11-6-9(12(14)15)10(13)5-8(11)7(2)3/h5-7H,4H2,1-3H3,(H,14,15). The maximum Gasteiger partial charge on any atom is 0.338 e. The van der Waals surface area contributed by atoms with Crippen molar-refractivity contribution >= 4 is 5.97 Å². The van der Waals surface area contributed by atoms with E-state index in [9.17, 15) is 9.18 Å². The largest absolute Gasteiger partial charge is 0.494 e. The molecule has 0 amide bonds. The Kier molecular flexibility index (Phi) is 3.88. The average molecular weight is 226 g/mol. The fourth-order valence-electron chi connectivity index (χ4n) is 1.46. The molecule has 0 bridgehead atoms. The molecule has 0 atom stereocenters. The van der Waals surface area contributed by atoms with Crippen LogP contribution < -0.4 is 4.74 Å². The third-order valence-electron chi connectivity index (χ3n) is 2.25. The van der Waals surface area contributed by atoms with E-state index >= 15 is 0 Å². The summed E-state index contributed by atoms with van der Waals surface area (Å²) in [5, 5.41) is 8.79. The third kappa shape index (κ3) is 2.51. The summed E-state index contributed by atoms with van der Waals surface area (Å²) in [4.78, 5) is 10.8. The molecule has 3 nitrogen and oxygen atoms in total. The minimum Gasteiger partial charge on any atom is -0.494 e. The van der Waals surface area contributed by atoms with Crippen LogP contribution >= 0.6 is 0 Å². The van der Waals surface area contributed by atoms with Crippen molar-refractivity contribution in [3.05, 3.63) is 29.1 Å². The molecule has 0 radical (unpaired) electrons. The molecule has 1 rings (SSSR count). The van der Waals surface area contributed by atoms with E-state index in [2.05, 4.69) is 0 Å². The summed E-state index contributed by atoms with van der Waals surface area (Å²) in [6.45, 7) is 6.02. The highest BCUT2D eigenvalue weighted by Crippen LogP contribution is 2.29. The predicted octanol–water partition coefficient (Wildman–Crippen LogP) is 3.05. The lowest BCUT2D eigenvalue weighted by molar-refractivity contribution is 0.0691. The number of hydrogen-bond acceptors (Lipinski definition) is 2. The molecule has 0 aromatic heterocycles. The molecule has 0 heterocycles. The van der Waals surface area contributed by atoms with Gasteiger partial charge in [0.25, 0.3) is 0 Å². The van der Waals surface area contributed by atoms with Crippen LogP contribution in [0.3, 0.4) is 0 Å². The molecule has 0 saturated carbocycles. The Balaban J connectivity index is 3.31. The second-order valence-corrected chi connectivity index (χ2v) is 3.76. The van der Waals surface area contributed by atoms with Gasteiger partial charge in [0.1, 0.15) is 11.6 Å². The van der Waals surface area contributed by atoms with Crippen LogP contribution in [0.25, 0.3) is 0 Å². The number of hydrogen-bond donors (Lipinski definition) is 1. The molecule has 16 heavy (non-hydrogen) atoms. The van der Waals surface area contributed by atoms with E-state index in [-0.39, 0.29) is 11.5 Å². The van der Waals surface area contributed by atoms with Gasteiger partial charge in [-0.25, -0.2) is 9.18 Å². The first-order valence-electron chi connectivity index (χ1n) is 5.16. The number of rotatable bonds is 4. The number of carboxylic acid groups (broad SMARTS) is 1. The first-order chi connectivity index (χ1) is 7.47. The first kappa shape index (κ1) is 12.5. The maximum atomic E-state index is 13.4. The number of benzene rings is 1. The SMILES string of the molecule is CCOc1cc(C(=O)O)c(F)cc1C(C)C. The zero-order valence-electron chi connectivity index (χ0n) is 9.58. The lowest BCUT2D eigenvalue weighted by Gasteiger charge is -2.14. The predicted molar refractivity (Wildman–Crippen MR) is 58.6 cm³/mol. The molecule has 0 spiro atoms. The minimum absolute atomic E-state index is 0.0823. The summed E-state index contributed by atoms with van der Waals surface area (Å²) in [6.07, 6.45) is 0. The second-order valence-electron chi connectivity index (χ2n) is 3.76. The van der Waals surface area contributed by atoms with Crippen molar-refractivity contribution in [1.29, 1.82) is 0 Å². The number of halogens is 1. The summed E-state index contributed by atoms with van der Waals surface area (Å²) < 4.78 is 18.8. The van der Waals surface area contributed by atoms with Crippen LogP contribution in [0.5, 0.6) is 5.75 Å². The summed E-state index contributed by atoms with van der Waals surface area (Å²) in [5.41, 5.74) is 0.331. The van der Waals surface area contributed by atoms with E-state index in [0.29, 0.717) is 17.9 Å². The molecule has 0 unspecified atom stereocenters. The second kappa shape index (κ2) is 4.96. The summed E-state index contributed by atoms with van der Waals surface area (Å²) in [7, 11) is 0. The van der Waals surface area contributed by atoms with Crippen molar-refractivity contribution in [2.45, 2.75) is 26.7 Å². The van der Waals surface area contributed by atoms with Crippen LogP contribution in [-0.2, 0) is 0 Å². The molecular weight excluding hydrogens is 211 g/mol. The lowest BCUT2D eigenvalue weighted by atomic mass is 10.00. The van der Waals surface area contributed by atoms with Crippen LogP contribution in [0, 0.1) is 5.82 Å². The van der Waals surface area contributed by atoms with Gasteiger partial charge in [-0.1, -0.05) is 13.8 Å². The van der Waals surface area contributed by atoms with Gasteiger partial charge in [-0.2, -0.15) is 0 Å². The zero-order chi connectivity index (χ0) is 12.3. The van der Waals surface area contributed by atoms with Crippen molar-refractivity contribution in [2.75, 3.05) is 6.61 Å². The van der Waals surface area contributed by atoms with Crippen LogP contribution in [0.1, 0.15) is 42.6 Å². The van der Waals surface area contributed by atoms with Gasteiger partial charge >= 0.3 is 5.97 Å². The molecule has 0 aliphatic rings. The topological polar surface area (TPSA) is 46.5 Å². The van der Waals surface area contributed by atoms with E-state index in [1.807, 2.05) is 13.8 Å². The van der Waals surface area contributed by atoms with Gasteiger partial charge in [-0.05, 0) is 30.5 Å². The van der Waals surface area contributed by atoms with E-state index in [0.717, 1.165) is 0 Å². The van der Waals surface area contributed by atoms with E-state index in [1.54, 1.807) is 6.92 Å². The number of carbonyl (C=O) groups is 1. The van der Waals surface area contributed by atoms with Gasteiger partial charge in [0.15, 0.2) is 0 Å². The molecule has 0 aliphatic carbocycles. The highest BCUT2D eigenvalue weighted by atomic mass is 19.1. The summed E-state index contributed by atoms with van der Waals surface area (Å²) in [6, 6.07) is 2.48. The molecular formula is C12H15FO3. The maximum absolute atomic E-state index is 13.4. The normalized spacial score (nSPS) is 10.6. The highest BCUT2D eigenvalue weighted by Gasteiger charge is 2.17. The van der Waals surface area contributed by atoms with Gasteiger partial charge in [0.2, 0.25) is 0 Å². The summed E-state index contributed by atoms with van der Waals surface area (Å²) >= 11 is 0. The molecule has 0 fully saturated rings. The van der Waals surface area contributed by atoms with Crippen LogP contribution in [-0.4, -0.2) is 17.7 Å². The van der Waals surface area contributed by atoms with Crippen LogP contribution in [0.15, 0.2) is 12.1 Å². The smallest absolute Gasteiger partial charge is 0.338 e. The number of carboxylic acids is 1. The molecule has 4 heteroatoms. The Hall–Kier alpha value is -1.58. The number of ether oxygens (including phenoxy) is 1. The fourth-order valence-corrected chi connectivity index (χ4v) is 1.46. The van der Waals surface area contributed by atoms with E-state index < -0.39 is 11.8 Å². The highest BCUT2D eigenvalue weighted by molar-refractivity contribution is 5.88. The Morgan fingerprint density at radius 2 is 2.12 bits per heavy atom. The fraction of sp³-hybridized carbons (Fsp3) is 0.417. The molecule has 88 valence electrons. The van der Waals surface area contributed by atoms with Gasteiger partial charge in [-0.15, -0.1) is 0 Å². The first-order valence-corrected chi connectivity index (χ1v) is 5.16. The van der Waals surface area contributed by atoms with Gasteiger partial charge in [0.05, 0.1) is 12.2 Å². The number of aromatic carboxylic acids is 1. The Morgan fingerprint density at radius 3 is 2.56 bits per heavy atom. The molecule has 1 aromatic rings. The average Bonchev–Trinajstić information content (AvgIpc) is 2.19. The van der Waals surface area contributed by atoms with Gasteiger partial charge in [-0.3, -0.25) is 0 Å². The van der Waals surface area contributed by atoms with Crippen molar-refractivity contribution < 1.29 is 19.0 Å². The Labute approximate surface area is 93.9 Å². The van der Waals surface area contributed by atoms with Crippen LogP contribution in [0.4, 0.5) is 4.39 Å². The van der Waals surface area contributed by atoms with Crippen molar-refractivity contribution in [1.82, 2.24) is 0 Å². The molecule has 0 aliphatic heterocycles. The Bertz CT molecular complexity index is 399. The lowest BCUT2D eigenvalue weighted by Crippen LogP contribution is -2.05. The molecule has 0 saturated heterocycles. The zero-order valence-corrected chi connectivity index (χ0v) is 9.58. The van der Waals surface area contributed by atoms with Gasteiger partial charge < -0.3 is 9.84 Å². The van der Waals surface area contributed by atoms with Crippen molar-refractivity contribution in [3.63, 3.8) is 0 Å². The molecule has 1 N–H and O–H groups in total. The van der Waals surface area contributed by atoms with Crippen LogP contribution in [0.2, 0.25) is 0 Å². The summed E-state index contributed by atoms with van der Waals surface area (Å²) in [5.74, 6) is -1.48. The quantitative estimate of drug-likeness (QED) is 0.858. The van der Waals surface area contributed by atoms with Crippen molar-refractivity contribution in [2.24, 2.45) is 0 Å². The van der Waals surface area contributed by atoms with Crippen molar-refractivity contribution in [3.8, 4) is 5.75 Å². The third-order valence-corrected chi connectivity index (χ3v) is 2.25. The Morgan fingerprint density at radius 1 is 1.50 bits per heavy atom.